The molecular formula is C22H27N5O2. The number of furan rings is 1. The highest BCUT2D eigenvalue weighted by atomic mass is 16.3. The lowest BCUT2D eigenvalue weighted by Gasteiger charge is -2.26. The zero-order valence-corrected chi connectivity index (χ0v) is 16.5. The number of urea groups is 1. The molecule has 3 aromatic rings. The van der Waals surface area contributed by atoms with Crippen LogP contribution in [0.5, 0.6) is 0 Å². The van der Waals surface area contributed by atoms with Crippen LogP contribution in [0.25, 0.3) is 0 Å². The van der Waals surface area contributed by atoms with E-state index in [9.17, 15) is 4.79 Å². The molecule has 0 bridgehead atoms. The van der Waals surface area contributed by atoms with Gasteiger partial charge in [0.1, 0.15) is 5.76 Å². The van der Waals surface area contributed by atoms with Gasteiger partial charge in [0.15, 0.2) is 0 Å². The quantitative estimate of drug-likeness (QED) is 0.616. The summed E-state index contributed by atoms with van der Waals surface area (Å²) in [7, 11) is 0. The van der Waals surface area contributed by atoms with E-state index in [2.05, 4.69) is 32.8 Å². The normalized spacial score (nSPS) is 15.3. The standard InChI is InChI=1S/C22H27N5O2/c28-22(24-15-20(21-9-6-12-29-21)26-10-4-5-11-26)23-13-19-14-25-27(17-19)16-18-7-2-1-3-8-18/h1-3,6-9,12,14,17,20H,4-5,10-11,13,15-16H2,(H2,23,24,28). The molecule has 1 atom stereocenters. The van der Waals surface area contributed by atoms with Crippen LogP contribution in [0.15, 0.2) is 65.5 Å². The summed E-state index contributed by atoms with van der Waals surface area (Å²) >= 11 is 0. The fourth-order valence-corrected chi connectivity index (χ4v) is 3.73. The number of hydrogen-bond acceptors (Lipinski definition) is 4. The minimum Gasteiger partial charge on any atom is -0.468 e. The van der Waals surface area contributed by atoms with Crippen molar-refractivity contribution in [3.05, 3.63) is 78.0 Å². The van der Waals surface area contributed by atoms with Crippen molar-refractivity contribution in [3.8, 4) is 0 Å². The molecule has 3 heterocycles. The minimum atomic E-state index is -0.184. The Labute approximate surface area is 170 Å². The second-order valence-electron chi connectivity index (χ2n) is 7.37. The van der Waals surface area contributed by atoms with Gasteiger partial charge >= 0.3 is 6.03 Å². The molecule has 1 fully saturated rings. The van der Waals surface area contributed by atoms with Gasteiger partial charge in [-0.15, -0.1) is 0 Å². The maximum Gasteiger partial charge on any atom is 0.315 e. The van der Waals surface area contributed by atoms with Crippen LogP contribution < -0.4 is 10.6 Å². The highest BCUT2D eigenvalue weighted by Crippen LogP contribution is 2.24. The van der Waals surface area contributed by atoms with E-state index < -0.39 is 0 Å². The molecule has 7 heteroatoms. The van der Waals surface area contributed by atoms with E-state index in [-0.39, 0.29) is 12.1 Å². The van der Waals surface area contributed by atoms with Crippen molar-refractivity contribution in [1.29, 1.82) is 0 Å². The molecular weight excluding hydrogens is 366 g/mol. The fourth-order valence-electron chi connectivity index (χ4n) is 3.73. The first-order valence-electron chi connectivity index (χ1n) is 10.1. The van der Waals surface area contributed by atoms with E-state index in [0.29, 0.717) is 19.6 Å². The molecule has 1 saturated heterocycles. The Morgan fingerprint density at radius 2 is 1.90 bits per heavy atom. The summed E-state index contributed by atoms with van der Waals surface area (Å²) in [4.78, 5) is 14.7. The lowest BCUT2D eigenvalue weighted by Crippen LogP contribution is -2.41. The zero-order chi connectivity index (χ0) is 19.9. The van der Waals surface area contributed by atoms with Crippen molar-refractivity contribution < 1.29 is 9.21 Å². The summed E-state index contributed by atoms with van der Waals surface area (Å²) in [6, 6.07) is 13.9. The summed E-state index contributed by atoms with van der Waals surface area (Å²) in [5.41, 5.74) is 2.16. The lowest BCUT2D eigenvalue weighted by molar-refractivity contribution is 0.203. The summed E-state index contributed by atoms with van der Waals surface area (Å²) in [5, 5.41) is 10.3. The maximum absolute atomic E-state index is 12.3. The maximum atomic E-state index is 12.3. The average molecular weight is 393 g/mol. The van der Waals surface area contributed by atoms with Crippen LogP contribution in [-0.2, 0) is 13.1 Å². The molecule has 0 saturated carbocycles. The van der Waals surface area contributed by atoms with Crippen LogP contribution in [0.4, 0.5) is 4.79 Å². The van der Waals surface area contributed by atoms with Crippen molar-refractivity contribution >= 4 is 6.03 Å². The van der Waals surface area contributed by atoms with Crippen LogP contribution in [0.2, 0.25) is 0 Å². The lowest BCUT2D eigenvalue weighted by atomic mass is 10.2. The molecule has 29 heavy (non-hydrogen) atoms. The molecule has 1 aliphatic heterocycles. The number of likely N-dealkylation sites (tertiary alicyclic amines) is 1. The molecule has 0 radical (unpaired) electrons. The number of hydrogen-bond donors (Lipinski definition) is 2. The highest BCUT2D eigenvalue weighted by molar-refractivity contribution is 5.73. The first kappa shape index (κ1) is 19.3. The molecule has 2 aromatic heterocycles. The summed E-state index contributed by atoms with van der Waals surface area (Å²) in [6.45, 7) is 3.75. The van der Waals surface area contributed by atoms with Gasteiger partial charge in [-0.05, 0) is 43.6 Å². The Kier molecular flexibility index (Phi) is 6.26. The molecule has 1 unspecified atom stereocenters. The second kappa shape index (κ2) is 9.43. The van der Waals surface area contributed by atoms with Gasteiger partial charge in [0.05, 0.1) is 25.0 Å². The van der Waals surface area contributed by atoms with Gasteiger partial charge in [-0.25, -0.2) is 4.79 Å². The number of benzene rings is 1. The van der Waals surface area contributed by atoms with Gasteiger partial charge in [-0.2, -0.15) is 5.10 Å². The molecule has 0 aliphatic carbocycles. The van der Waals surface area contributed by atoms with E-state index in [1.54, 1.807) is 12.5 Å². The Morgan fingerprint density at radius 3 is 2.66 bits per heavy atom. The molecule has 1 aromatic carbocycles. The van der Waals surface area contributed by atoms with Crippen molar-refractivity contribution in [2.45, 2.75) is 32.0 Å². The largest absolute Gasteiger partial charge is 0.468 e. The van der Waals surface area contributed by atoms with Crippen LogP contribution >= 0.6 is 0 Å². The Bertz CT molecular complexity index is 885. The molecule has 4 rings (SSSR count). The minimum absolute atomic E-state index is 0.0758. The van der Waals surface area contributed by atoms with E-state index in [4.69, 9.17) is 4.42 Å². The number of nitrogens with one attached hydrogen (secondary N) is 2. The van der Waals surface area contributed by atoms with Crippen molar-refractivity contribution in [3.63, 3.8) is 0 Å². The van der Waals surface area contributed by atoms with Crippen LogP contribution in [0.3, 0.4) is 0 Å². The Morgan fingerprint density at radius 1 is 1.07 bits per heavy atom. The fraction of sp³-hybridized carbons (Fsp3) is 0.364. The van der Waals surface area contributed by atoms with Gasteiger partial charge in [0, 0.05) is 24.8 Å². The van der Waals surface area contributed by atoms with Gasteiger partial charge in [-0.1, -0.05) is 30.3 Å². The van der Waals surface area contributed by atoms with Crippen molar-refractivity contribution in [2.75, 3.05) is 19.6 Å². The first-order chi connectivity index (χ1) is 14.3. The number of aromatic nitrogens is 2. The predicted molar refractivity (Wildman–Crippen MR) is 110 cm³/mol. The van der Waals surface area contributed by atoms with Crippen LogP contribution in [0.1, 0.15) is 35.8 Å². The first-order valence-corrected chi connectivity index (χ1v) is 10.1. The van der Waals surface area contributed by atoms with Gasteiger partial charge in [0.25, 0.3) is 0 Å². The van der Waals surface area contributed by atoms with Gasteiger partial charge in [-0.3, -0.25) is 9.58 Å². The molecule has 0 spiro atoms. The number of carbonyl (C=O) groups is 1. The number of nitrogens with zero attached hydrogens (tertiary/aromatic N) is 3. The molecule has 2 N–H and O–H groups in total. The average Bonchev–Trinajstić information content (AvgIpc) is 3.51. The third kappa shape index (κ3) is 5.26. The number of carbonyl (C=O) groups excluding carboxylic acids is 1. The second-order valence-corrected chi connectivity index (χ2v) is 7.37. The SMILES string of the molecule is O=C(NCc1cnn(Cc2ccccc2)c1)NCC(c1ccco1)N1CCCC1. The highest BCUT2D eigenvalue weighted by Gasteiger charge is 2.25. The van der Waals surface area contributed by atoms with Crippen LogP contribution in [-0.4, -0.2) is 40.3 Å². The Balaban J connectivity index is 1.25. The third-order valence-electron chi connectivity index (χ3n) is 5.24. The number of amides is 2. The zero-order valence-electron chi connectivity index (χ0n) is 16.5. The van der Waals surface area contributed by atoms with Gasteiger partial charge in [0.2, 0.25) is 0 Å². The Hall–Kier alpha value is -3.06. The van der Waals surface area contributed by atoms with Crippen LogP contribution in [0, 0.1) is 0 Å². The summed E-state index contributed by atoms with van der Waals surface area (Å²) < 4.78 is 7.48. The third-order valence-corrected chi connectivity index (χ3v) is 5.24. The van der Waals surface area contributed by atoms with E-state index >= 15 is 0 Å². The molecule has 2 amide bonds. The summed E-state index contributed by atoms with van der Waals surface area (Å²) in [6.07, 6.45) is 7.82. The summed E-state index contributed by atoms with van der Waals surface area (Å²) in [5.74, 6) is 0.898. The van der Waals surface area contributed by atoms with Crippen molar-refractivity contribution in [2.24, 2.45) is 0 Å². The topological polar surface area (TPSA) is 75.3 Å². The van der Waals surface area contributed by atoms with E-state index in [1.807, 2.05) is 41.2 Å². The molecule has 7 nitrogen and oxygen atoms in total. The number of rotatable bonds is 8. The van der Waals surface area contributed by atoms with E-state index in [1.165, 1.54) is 18.4 Å². The smallest absolute Gasteiger partial charge is 0.315 e. The molecule has 1 aliphatic rings. The van der Waals surface area contributed by atoms with Crippen molar-refractivity contribution in [1.82, 2.24) is 25.3 Å². The molecule has 152 valence electrons. The van der Waals surface area contributed by atoms with E-state index in [0.717, 1.165) is 24.4 Å². The van der Waals surface area contributed by atoms with Gasteiger partial charge < -0.3 is 15.1 Å². The predicted octanol–water partition coefficient (Wildman–Crippen LogP) is 3.16. The monoisotopic (exact) mass is 393 g/mol.